The summed E-state index contributed by atoms with van der Waals surface area (Å²) in [7, 11) is 1.30. The molecule has 2 amide bonds. The molecule has 0 spiro atoms. The molecule has 5 rings (SSSR count). The SMILES string of the molecule is COC(=O)c1cccc(N2C(=O)[C@@H]3[C@@H](C2=O)[C@H]2C=C[C@@H]3CC2)c1. The van der Waals surface area contributed by atoms with Crippen LogP contribution in [0.3, 0.4) is 0 Å². The van der Waals surface area contributed by atoms with Gasteiger partial charge in [-0.2, -0.15) is 0 Å². The van der Waals surface area contributed by atoms with Crippen molar-refractivity contribution >= 4 is 23.5 Å². The van der Waals surface area contributed by atoms with Gasteiger partial charge in [0.1, 0.15) is 0 Å². The molecule has 1 aromatic rings. The van der Waals surface area contributed by atoms with Gasteiger partial charge in [0.25, 0.3) is 0 Å². The fraction of sp³-hybridized carbons (Fsp3) is 0.389. The van der Waals surface area contributed by atoms with Crippen LogP contribution in [0.2, 0.25) is 0 Å². The van der Waals surface area contributed by atoms with Crippen molar-refractivity contribution in [2.45, 2.75) is 12.8 Å². The maximum Gasteiger partial charge on any atom is 0.337 e. The highest BCUT2D eigenvalue weighted by Gasteiger charge is 2.56. The number of anilines is 1. The quantitative estimate of drug-likeness (QED) is 0.477. The molecule has 1 aliphatic heterocycles. The first-order valence-corrected chi connectivity index (χ1v) is 7.86. The summed E-state index contributed by atoms with van der Waals surface area (Å²) < 4.78 is 4.71. The number of hydrogen-bond donors (Lipinski definition) is 0. The summed E-state index contributed by atoms with van der Waals surface area (Å²) in [6.45, 7) is 0. The van der Waals surface area contributed by atoms with Gasteiger partial charge in [0.15, 0.2) is 0 Å². The first-order valence-electron chi connectivity index (χ1n) is 7.86. The molecule has 1 aromatic carbocycles. The van der Waals surface area contributed by atoms with Crippen molar-refractivity contribution in [1.29, 1.82) is 0 Å². The molecule has 2 bridgehead atoms. The molecule has 4 aliphatic rings. The zero-order chi connectivity index (χ0) is 16.1. The van der Waals surface area contributed by atoms with Crippen LogP contribution in [0.5, 0.6) is 0 Å². The summed E-state index contributed by atoms with van der Waals surface area (Å²) in [5.74, 6) is -0.918. The van der Waals surface area contributed by atoms with Crippen LogP contribution < -0.4 is 4.90 Å². The zero-order valence-corrected chi connectivity index (χ0v) is 12.8. The minimum Gasteiger partial charge on any atom is -0.465 e. The van der Waals surface area contributed by atoms with Crippen molar-refractivity contribution in [3.8, 4) is 0 Å². The molecule has 0 aromatic heterocycles. The molecule has 2 fully saturated rings. The summed E-state index contributed by atoms with van der Waals surface area (Å²) in [4.78, 5) is 38.6. The number of ether oxygens (including phenoxy) is 1. The lowest BCUT2D eigenvalue weighted by Gasteiger charge is -2.38. The van der Waals surface area contributed by atoms with Crippen LogP contribution in [0.15, 0.2) is 36.4 Å². The van der Waals surface area contributed by atoms with E-state index in [1.165, 1.54) is 12.0 Å². The van der Waals surface area contributed by atoms with Crippen LogP contribution in [0, 0.1) is 23.7 Å². The van der Waals surface area contributed by atoms with Crippen molar-refractivity contribution in [1.82, 2.24) is 0 Å². The fourth-order valence-electron chi connectivity index (χ4n) is 4.22. The number of nitrogens with zero attached hydrogens (tertiary/aromatic N) is 1. The number of allylic oxidation sites excluding steroid dienone is 2. The number of carbonyl (C=O) groups is 3. The monoisotopic (exact) mass is 311 g/mol. The predicted octanol–water partition coefficient (Wildman–Crippen LogP) is 2.17. The van der Waals surface area contributed by atoms with Crippen LogP contribution in [0.1, 0.15) is 23.2 Å². The highest BCUT2D eigenvalue weighted by atomic mass is 16.5. The summed E-state index contributed by atoms with van der Waals surface area (Å²) in [5.41, 5.74) is 0.790. The van der Waals surface area contributed by atoms with Gasteiger partial charge in [-0.1, -0.05) is 18.2 Å². The normalized spacial score (nSPS) is 31.4. The lowest BCUT2D eigenvalue weighted by atomic mass is 9.63. The summed E-state index contributed by atoms with van der Waals surface area (Å²) in [5, 5.41) is 0. The van der Waals surface area contributed by atoms with E-state index < -0.39 is 5.97 Å². The van der Waals surface area contributed by atoms with Gasteiger partial charge in [-0.3, -0.25) is 9.59 Å². The van der Waals surface area contributed by atoms with Crippen LogP contribution in [0.4, 0.5) is 5.69 Å². The standard InChI is InChI=1S/C18H17NO4/c1-23-18(22)12-3-2-4-13(9-12)19-16(20)14-10-5-6-11(8-7-10)15(14)17(19)21/h2-6,9-11,14-15H,7-8H2,1H3/t10-,11+,14-,15-/m0/s1. The number of carbonyl (C=O) groups excluding carboxylic acids is 3. The van der Waals surface area contributed by atoms with Gasteiger partial charge in [-0.25, -0.2) is 9.69 Å². The van der Waals surface area contributed by atoms with E-state index in [1.54, 1.807) is 24.3 Å². The van der Waals surface area contributed by atoms with Gasteiger partial charge in [0.05, 0.1) is 30.2 Å². The van der Waals surface area contributed by atoms with E-state index in [-0.39, 0.29) is 35.5 Å². The predicted molar refractivity (Wildman–Crippen MR) is 82.6 cm³/mol. The number of methoxy groups -OCH3 is 1. The molecule has 23 heavy (non-hydrogen) atoms. The Morgan fingerprint density at radius 1 is 1.09 bits per heavy atom. The number of rotatable bonds is 2. The highest BCUT2D eigenvalue weighted by Crippen LogP contribution is 2.50. The first-order chi connectivity index (χ1) is 11.1. The van der Waals surface area contributed by atoms with Crippen LogP contribution in [0.25, 0.3) is 0 Å². The maximum absolute atomic E-state index is 12.8. The number of hydrogen-bond acceptors (Lipinski definition) is 4. The van der Waals surface area contributed by atoms with Crippen molar-refractivity contribution in [3.63, 3.8) is 0 Å². The molecular weight excluding hydrogens is 294 g/mol. The second kappa shape index (κ2) is 5.05. The molecule has 3 aliphatic carbocycles. The van der Waals surface area contributed by atoms with Crippen LogP contribution >= 0.6 is 0 Å². The van der Waals surface area contributed by atoms with Gasteiger partial charge < -0.3 is 4.74 Å². The maximum atomic E-state index is 12.8. The Balaban J connectivity index is 1.72. The number of benzene rings is 1. The fourth-order valence-corrected chi connectivity index (χ4v) is 4.22. The molecule has 0 radical (unpaired) electrons. The Hall–Kier alpha value is -2.43. The molecule has 1 heterocycles. The van der Waals surface area contributed by atoms with Crippen molar-refractivity contribution in [2.24, 2.45) is 23.7 Å². The Kier molecular flexibility index (Phi) is 3.11. The van der Waals surface area contributed by atoms with Crippen molar-refractivity contribution < 1.29 is 19.1 Å². The minimum absolute atomic E-state index is 0.138. The van der Waals surface area contributed by atoms with E-state index in [0.717, 1.165) is 12.8 Å². The van der Waals surface area contributed by atoms with E-state index in [0.29, 0.717) is 11.3 Å². The molecular formula is C18H17NO4. The largest absolute Gasteiger partial charge is 0.465 e. The van der Waals surface area contributed by atoms with E-state index in [4.69, 9.17) is 4.74 Å². The van der Waals surface area contributed by atoms with Crippen LogP contribution in [-0.2, 0) is 14.3 Å². The zero-order valence-electron chi connectivity index (χ0n) is 12.8. The second-order valence-corrected chi connectivity index (χ2v) is 6.40. The van der Waals surface area contributed by atoms with Gasteiger partial charge in [-0.05, 0) is 42.9 Å². The number of fused-ring (bicyclic) bond motifs is 1. The Morgan fingerprint density at radius 2 is 1.70 bits per heavy atom. The number of esters is 1. The molecule has 0 unspecified atom stereocenters. The van der Waals surface area contributed by atoms with E-state index in [2.05, 4.69) is 12.2 Å². The first kappa shape index (κ1) is 14.2. The van der Waals surface area contributed by atoms with Crippen molar-refractivity contribution in [2.75, 3.05) is 12.0 Å². The molecule has 118 valence electrons. The third-order valence-electron chi connectivity index (χ3n) is 5.28. The molecule has 5 heteroatoms. The Morgan fingerprint density at radius 3 is 2.22 bits per heavy atom. The lowest BCUT2D eigenvalue weighted by Crippen LogP contribution is -2.38. The van der Waals surface area contributed by atoms with Gasteiger partial charge in [0, 0.05) is 0 Å². The summed E-state index contributed by atoms with van der Waals surface area (Å²) in [6, 6.07) is 6.51. The Bertz CT molecular complexity index is 706. The average molecular weight is 311 g/mol. The second-order valence-electron chi connectivity index (χ2n) is 6.40. The topological polar surface area (TPSA) is 63.7 Å². The van der Waals surface area contributed by atoms with Crippen LogP contribution in [-0.4, -0.2) is 24.9 Å². The minimum atomic E-state index is -0.481. The summed E-state index contributed by atoms with van der Waals surface area (Å²) in [6.07, 6.45) is 6.12. The average Bonchev–Trinajstić information content (AvgIpc) is 2.88. The number of amides is 2. The summed E-state index contributed by atoms with van der Waals surface area (Å²) >= 11 is 0. The molecule has 4 atom stereocenters. The molecule has 0 N–H and O–H groups in total. The molecule has 1 saturated heterocycles. The van der Waals surface area contributed by atoms with E-state index >= 15 is 0 Å². The highest BCUT2D eigenvalue weighted by molar-refractivity contribution is 6.22. The van der Waals surface area contributed by atoms with Gasteiger partial charge >= 0.3 is 5.97 Å². The van der Waals surface area contributed by atoms with Gasteiger partial charge in [-0.15, -0.1) is 0 Å². The third-order valence-corrected chi connectivity index (χ3v) is 5.28. The van der Waals surface area contributed by atoms with E-state index in [1.807, 2.05) is 0 Å². The smallest absolute Gasteiger partial charge is 0.337 e. The Labute approximate surface area is 133 Å². The van der Waals surface area contributed by atoms with E-state index in [9.17, 15) is 14.4 Å². The number of imide groups is 1. The molecule has 5 nitrogen and oxygen atoms in total. The molecule has 1 saturated carbocycles. The van der Waals surface area contributed by atoms with Gasteiger partial charge in [0.2, 0.25) is 11.8 Å². The third kappa shape index (κ3) is 1.96. The van der Waals surface area contributed by atoms with Crippen molar-refractivity contribution in [3.05, 3.63) is 42.0 Å². The lowest BCUT2D eigenvalue weighted by molar-refractivity contribution is -0.124.